The molecule has 0 fully saturated rings. The van der Waals surface area contributed by atoms with Gasteiger partial charge in [0, 0.05) is 12.0 Å². The number of hydrogen-bond donors (Lipinski definition) is 1. The first kappa shape index (κ1) is 13.3. The molecule has 0 aliphatic heterocycles. The molecule has 3 nitrogen and oxygen atoms in total. The van der Waals surface area contributed by atoms with Gasteiger partial charge in [0.15, 0.2) is 0 Å². The number of benzene rings is 1. The third-order valence-corrected chi connectivity index (χ3v) is 3.82. The van der Waals surface area contributed by atoms with E-state index in [-0.39, 0.29) is 6.10 Å². The van der Waals surface area contributed by atoms with E-state index in [9.17, 15) is 5.11 Å². The lowest BCUT2D eigenvalue weighted by Crippen LogP contribution is -2.31. The van der Waals surface area contributed by atoms with Gasteiger partial charge in [-0.1, -0.05) is 12.1 Å². The van der Waals surface area contributed by atoms with Gasteiger partial charge < -0.3 is 14.3 Å². The lowest BCUT2D eigenvalue weighted by molar-refractivity contribution is 0.0585. The molecule has 1 heterocycles. The van der Waals surface area contributed by atoms with Gasteiger partial charge in [0.2, 0.25) is 0 Å². The van der Waals surface area contributed by atoms with Gasteiger partial charge in [0.25, 0.3) is 0 Å². The van der Waals surface area contributed by atoms with Gasteiger partial charge in [-0.2, -0.15) is 0 Å². The number of hydrogen-bond acceptors (Lipinski definition) is 3. The van der Waals surface area contributed by atoms with Crippen LogP contribution in [0.4, 0.5) is 0 Å². The topological polar surface area (TPSA) is 42.6 Å². The SMILES string of the molecule is CC(C)Oc1cccc(C2(O)CCCc3occc32)c1. The number of ether oxygens (including phenoxy) is 1. The van der Waals surface area contributed by atoms with Gasteiger partial charge in [0.05, 0.1) is 12.4 Å². The number of aryl methyl sites for hydroxylation is 1. The van der Waals surface area contributed by atoms with Crippen molar-refractivity contribution in [2.75, 3.05) is 0 Å². The molecule has 1 aromatic heterocycles. The molecule has 3 rings (SSSR count). The summed E-state index contributed by atoms with van der Waals surface area (Å²) in [5.41, 5.74) is 0.806. The first-order chi connectivity index (χ1) is 9.59. The number of aliphatic hydroxyl groups is 1. The van der Waals surface area contributed by atoms with Crippen LogP contribution in [-0.2, 0) is 12.0 Å². The summed E-state index contributed by atoms with van der Waals surface area (Å²) in [6.45, 7) is 3.99. The van der Waals surface area contributed by atoms with E-state index in [0.717, 1.165) is 35.5 Å². The predicted octanol–water partition coefficient (Wildman–Crippen LogP) is 3.64. The maximum Gasteiger partial charge on any atom is 0.120 e. The highest BCUT2D eigenvalue weighted by Gasteiger charge is 2.38. The Morgan fingerprint density at radius 2 is 2.15 bits per heavy atom. The summed E-state index contributed by atoms with van der Waals surface area (Å²) >= 11 is 0. The van der Waals surface area contributed by atoms with Crippen LogP contribution in [-0.4, -0.2) is 11.2 Å². The second kappa shape index (κ2) is 4.98. The van der Waals surface area contributed by atoms with Gasteiger partial charge in [-0.25, -0.2) is 0 Å². The Morgan fingerprint density at radius 3 is 2.95 bits per heavy atom. The molecule has 1 aliphatic rings. The van der Waals surface area contributed by atoms with E-state index >= 15 is 0 Å². The summed E-state index contributed by atoms with van der Waals surface area (Å²) in [5, 5.41) is 11.1. The zero-order chi connectivity index (χ0) is 14.2. The molecule has 0 saturated carbocycles. The Labute approximate surface area is 119 Å². The van der Waals surface area contributed by atoms with E-state index in [0.29, 0.717) is 6.42 Å². The first-order valence-electron chi connectivity index (χ1n) is 7.16. The molecule has 0 saturated heterocycles. The van der Waals surface area contributed by atoms with Crippen LogP contribution in [0.5, 0.6) is 5.75 Å². The summed E-state index contributed by atoms with van der Waals surface area (Å²) in [5.74, 6) is 1.69. The van der Waals surface area contributed by atoms with Crippen LogP contribution in [0.2, 0.25) is 0 Å². The van der Waals surface area contributed by atoms with Gasteiger partial charge in [-0.05, 0) is 50.5 Å². The monoisotopic (exact) mass is 272 g/mol. The Balaban J connectivity index is 2.01. The summed E-state index contributed by atoms with van der Waals surface area (Å²) in [7, 11) is 0. The van der Waals surface area contributed by atoms with Crippen molar-refractivity contribution in [3.63, 3.8) is 0 Å². The Hall–Kier alpha value is -1.74. The lowest BCUT2D eigenvalue weighted by atomic mass is 9.78. The molecule has 0 spiro atoms. The second-order valence-corrected chi connectivity index (χ2v) is 5.67. The molecule has 1 unspecified atom stereocenters. The van der Waals surface area contributed by atoms with E-state index in [4.69, 9.17) is 9.15 Å². The molecule has 0 radical (unpaired) electrons. The third-order valence-electron chi connectivity index (χ3n) is 3.82. The fourth-order valence-electron chi connectivity index (χ4n) is 2.94. The molecule has 1 N–H and O–H groups in total. The molecule has 1 aromatic carbocycles. The zero-order valence-electron chi connectivity index (χ0n) is 11.9. The fourth-order valence-corrected chi connectivity index (χ4v) is 2.94. The van der Waals surface area contributed by atoms with Gasteiger partial charge in [-0.15, -0.1) is 0 Å². The molecule has 1 aliphatic carbocycles. The molecule has 0 bridgehead atoms. The first-order valence-corrected chi connectivity index (χ1v) is 7.16. The summed E-state index contributed by atoms with van der Waals surface area (Å²) in [6, 6.07) is 9.62. The normalized spacial score (nSPS) is 21.8. The fraction of sp³-hybridized carbons (Fsp3) is 0.412. The van der Waals surface area contributed by atoms with Gasteiger partial charge in [-0.3, -0.25) is 0 Å². The maximum atomic E-state index is 11.1. The van der Waals surface area contributed by atoms with Crippen LogP contribution in [0.1, 0.15) is 43.6 Å². The van der Waals surface area contributed by atoms with Crippen LogP contribution in [0.3, 0.4) is 0 Å². The third kappa shape index (κ3) is 2.22. The highest BCUT2D eigenvalue weighted by atomic mass is 16.5. The molecular weight excluding hydrogens is 252 g/mol. The average molecular weight is 272 g/mol. The molecule has 3 heteroatoms. The average Bonchev–Trinajstić information content (AvgIpc) is 2.88. The minimum absolute atomic E-state index is 0.121. The van der Waals surface area contributed by atoms with E-state index in [1.54, 1.807) is 6.26 Å². The maximum absolute atomic E-state index is 11.1. The van der Waals surface area contributed by atoms with Crippen molar-refractivity contribution in [2.45, 2.75) is 44.8 Å². The van der Waals surface area contributed by atoms with Crippen LogP contribution < -0.4 is 4.74 Å². The van der Waals surface area contributed by atoms with E-state index < -0.39 is 5.60 Å². The van der Waals surface area contributed by atoms with Crippen molar-refractivity contribution < 1.29 is 14.3 Å². The van der Waals surface area contributed by atoms with Crippen LogP contribution in [0.25, 0.3) is 0 Å². The summed E-state index contributed by atoms with van der Waals surface area (Å²) in [4.78, 5) is 0. The van der Waals surface area contributed by atoms with E-state index in [1.165, 1.54) is 0 Å². The Bertz CT molecular complexity index is 600. The quantitative estimate of drug-likeness (QED) is 0.927. The van der Waals surface area contributed by atoms with E-state index in [1.807, 2.05) is 44.2 Å². The van der Waals surface area contributed by atoms with Crippen LogP contribution in [0, 0.1) is 0 Å². The van der Waals surface area contributed by atoms with Crippen molar-refractivity contribution in [1.82, 2.24) is 0 Å². The van der Waals surface area contributed by atoms with E-state index in [2.05, 4.69) is 0 Å². The lowest BCUT2D eigenvalue weighted by Gasteiger charge is -2.32. The van der Waals surface area contributed by atoms with Gasteiger partial charge >= 0.3 is 0 Å². The van der Waals surface area contributed by atoms with Crippen LogP contribution in [0.15, 0.2) is 41.0 Å². The highest BCUT2D eigenvalue weighted by molar-refractivity contribution is 5.42. The standard InChI is InChI=1S/C17H20O3/c1-12(2)20-14-6-3-5-13(11-14)17(18)9-4-7-16-15(17)8-10-19-16/h3,5-6,8,10-12,18H,4,7,9H2,1-2H3. The molecule has 2 aromatic rings. The van der Waals surface area contributed by atoms with Crippen molar-refractivity contribution in [2.24, 2.45) is 0 Å². The molecule has 1 atom stereocenters. The van der Waals surface area contributed by atoms with Crippen molar-refractivity contribution in [1.29, 1.82) is 0 Å². The Kier molecular flexibility index (Phi) is 3.30. The molecule has 20 heavy (non-hydrogen) atoms. The van der Waals surface area contributed by atoms with Crippen LogP contribution >= 0.6 is 0 Å². The summed E-state index contributed by atoms with van der Waals surface area (Å²) in [6.07, 6.45) is 4.31. The highest BCUT2D eigenvalue weighted by Crippen LogP contribution is 2.41. The molecular formula is C17H20O3. The molecule has 0 amide bonds. The molecule has 106 valence electrons. The largest absolute Gasteiger partial charge is 0.491 e. The number of furan rings is 1. The summed E-state index contributed by atoms with van der Waals surface area (Å²) < 4.78 is 11.2. The van der Waals surface area contributed by atoms with Gasteiger partial charge in [0.1, 0.15) is 17.1 Å². The van der Waals surface area contributed by atoms with Crippen molar-refractivity contribution in [3.05, 3.63) is 53.5 Å². The number of rotatable bonds is 3. The minimum Gasteiger partial charge on any atom is -0.491 e. The van der Waals surface area contributed by atoms with Crippen molar-refractivity contribution in [3.8, 4) is 5.75 Å². The zero-order valence-corrected chi connectivity index (χ0v) is 11.9. The number of fused-ring (bicyclic) bond motifs is 1. The Morgan fingerprint density at radius 1 is 1.30 bits per heavy atom. The van der Waals surface area contributed by atoms with Crippen molar-refractivity contribution >= 4 is 0 Å². The smallest absolute Gasteiger partial charge is 0.120 e. The predicted molar refractivity (Wildman–Crippen MR) is 76.9 cm³/mol. The second-order valence-electron chi connectivity index (χ2n) is 5.67. The minimum atomic E-state index is -0.961.